The van der Waals surface area contributed by atoms with Crippen LogP contribution in [0.3, 0.4) is 0 Å². The largest absolute Gasteiger partial charge is 0.371 e. The van der Waals surface area contributed by atoms with Crippen LogP contribution in [0.2, 0.25) is 0 Å². The van der Waals surface area contributed by atoms with Crippen molar-refractivity contribution in [3.8, 4) is 0 Å². The minimum atomic E-state index is -0.110. The van der Waals surface area contributed by atoms with E-state index < -0.39 is 0 Å². The number of anilines is 1. The summed E-state index contributed by atoms with van der Waals surface area (Å²) in [7, 11) is 0. The molecule has 3 heteroatoms. The first-order chi connectivity index (χ1) is 9.61. The van der Waals surface area contributed by atoms with Gasteiger partial charge in [-0.2, -0.15) is 0 Å². The molecular weight excluding hydrogens is 251 g/mol. The molecule has 2 nitrogen and oxygen atoms in total. The third-order valence-electron chi connectivity index (χ3n) is 4.81. The zero-order chi connectivity index (χ0) is 14.1. The molecular formula is C17H25FN2. The normalized spacial score (nSPS) is 26.9. The molecule has 0 amide bonds. The van der Waals surface area contributed by atoms with Gasteiger partial charge < -0.3 is 10.2 Å². The lowest BCUT2D eigenvalue weighted by Gasteiger charge is -2.37. The number of piperidine rings is 1. The Labute approximate surface area is 121 Å². The molecule has 1 N–H and O–H groups in total. The summed E-state index contributed by atoms with van der Waals surface area (Å²) in [4.78, 5) is 2.34. The minimum absolute atomic E-state index is 0.110. The highest BCUT2D eigenvalue weighted by Crippen LogP contribution is 2.28. The lowest BCUT2D eigenvalue weighted by Crippen LogP contribution is -2.38. The quantitative estimate of drug-likeness (QED) is 0.904. The molecule has 1 saturated carbocycles. The van der Waals surface area contributed by atoms with Crippen molar-refractivity contribution < 1.29 is 4.39 Å². The summed E-state index contributed by atoms with van der Waals surface area (Å²) in [5, 5.41) is 3.46. The average Bonchev–Trinajstić information content (AvgIpc) is 3.23. The van der Waals surface area contributed by atoms with Crippen LogP contribution in [0.25, 0.3) is 0 Å². The van der Waals surface area contributed by atoms with E-state index in [1.165, 1.54) is 19.3 Å². The summed E-state index contributed by atoms with van der Waals surface area (Å²) in [6, 6.07) is 6.16. The zero-order valence-corrected chi connectivity index (χ0v) is 12.5. The van der Waals surface area contributed by atoms with E-state index in [4.69, 9.17) is 0 Å². The van der Waals surface area contributed by atoms with E-state index in [9.17, 15) is 4.39 Å². The summed E-state index contributed by atoms with van der Waals surface area (Å²) in [5.41, 5.74) is 2.12. The molecule has 1 heterocycles. The zero-order valence-electron chi connectivity index (χ0n) is 12.5. The Hall–Kier alpha value is -1.09. The molecule has 2 aliphatic rings. The second-order valence-electron chi connectivity index (χ2n) is 6.66. The third kappa shape index (κ3) is 3.32. The first-order valence-electron chi connectivity index (χ1n) is 7.89. The standard InChI is InChI=1S/C17H25FN2/c1-12-5-6-20(11-13(12)2)17-8-14(7-15(18)9-17)10-19-16-3-4-16/h7-9,12-13,16,19H,3-6,10-11H2,1-2H3. The van der Waals surface area contributed by atoms with Crippen molar-refractivity contribution in [2.24, 2.45) is 11.8 Å². The maximum Gasteiger partial charge on any atom is 0.125 e. The van der Waals surface area contributed by atoms with Crippen molar-refractivity contribution in [1.82, 2.24) is 5.32 Å². The Balaban J connectivity index is 1.71. The molecule has 20 heavy (non-hydrogen) atoms. The minimum Gasteiger partial charge on any atom is -0.371 e. The second-order valence-corrected chi connectivity index (χ2v) is 6.66. The molecule has 0 aromatic heterocycles. The molecule has 3 rings (SSSR count). The van der Waals surface area contributed by atoms with E-state index in [2.05, 4.69) is 30.1 Å². The number of nitrogens with zero attached hydrogens (tertiary/aromatic N) is 1. The monoisotopic (exact) mass is 276 g/mol. The van der Waals surface area contributed by atoms with Gasteiger partial charge >= 0.3 is 0 Å². The van der Waals surface area contributed by atoms with Crippen LogP contribution < -0.4 is 10.2 Å². The summed E-state index contributed by atoms with van der Waals surface area (Å²) >= 11 is 0. The van der Waals surface area contributed by atoms with E-state index in [0.29, 0.717) is 12.0 Å². The topological polar surface area (TPSA) is 15.3 Å². The molecule has 1 saturated heterocycles. The van der Waals surface area contributed by atoms with Gasteiger partial charge in [0.1, 0.15) is 5.82 Å². The van der Waals surface area contributed by atoms with Gasteiger partial charge in [0.2, 0.25) is 0 Å². The molecule has 1 aliphatic carbocycles. The van der Waals surface area contributed by atoms with Crippen LogP contribution in [-0.4, -0.2) is 19.1 Å². The molecule has 0 spiro atoms. The van der Waals surface area contributed by atoms with Crippen molar-refractivity contribution in [2.75, 3.05) is 18.0 Å². The summed E-state index contributed by atoms with van der Waals surface area (Å²) in [6.07, 6.45) is 3.74. The molecule has 1 aromatic carbocycles. The van der Waals surface area contributed by atoms with E-state index in [-0.39, 0.29) is 5.82 Å². The molecule has 2 atom stereocenters. The highest BCUT2D eigenvalue weighted by atomic mass is 19.1. The van der Waals surface area contributed by atoms with Gasteiger partial charge in [0.25, 0.3) is 0 Å². The Morgan fingerprint density at radius 2 is 1.95 bits per heavy atom. The van der Waals surface area contributed by atoms with Gasteiger partial charge in [-0.05, 0) is 54.9 Å². The van der Waals surface area contributed by atoms with Crippen molar-refractivity contribution in [2.45, 2.75) is 45.7 Å². The summed E-state index contributed by atoms with van der Waals surface area (Å²) in [5.74, 6) is 1.34. The van der Waals surface area contributed by atoms with Crippen molar-refractivity contribution in [1.29, 1.82) is 0 Å². The number of hydrogen-bond acceptors (Lipinski definition) is 2. The highest BCUT2D eigenvalue weighted by molar-refractivity contribution is 5.49. The number of rotatable bonds is 4. The van der Waals surface area contributed by atoms with E-state index >= 15 is 0 Å². The SMILES string of the molecule is CC1CCN(c2cc(F)cc(CNC3CC3)c2)CC1C. The molecule has 0 radical (unpaired) electrons. The predicted octanol–water partition coefficient (Wildman–Crippen LogP) is 3.56. The number of nitrogens with one attached hydrogen (secondary N) is 1. The first kappa shape index (κ1) is 13.9. The number of benzene rings is 1. The average molecular weight is 276 g/mol. The van der Waals surface area contributed by atoms with Gasteiger partial charge in [-0.3, -0.25) is 0 Å². The molecule has 1 aliphatic heterocycles. The van der Waals surface area contributed by atoms with Gasteiger partial charge in [0, 0.05) is 31.4 Å². The maximum atomic E-state index is 13.8. The Morgan fingerprint density at radius 1 is 1.15 bits per heavy atom. The van der Waals surface area contributed by atoms with Crippen LogP contribution >= 0.6 is 0 Å². The lowest BCUT2D eigenvalue weighted by molar-refractivity contribution is 0.323. The van der Waals surface area contributed by atoms with Crippen LogP contribution in [0.4, 0.5) is 10.1 Å². The Kier molecular flexibility index (Phi) is 3.97. The van der Waals surface area contributed by atoms with E-state index in [1.54, 1.807) is 12.1 Å². The van der Waals surface area contributed by atoms with Crippen molar-refractivity contribution in [3.05, 3.63) is 29.6 Å². The van der Waals surface area contributed by atoms with Crippen LogP contribution in [-0.2, 0) is 6.54 Å². The fraction of sp³-hybridized carbons (Fsp3) is 0.647. The summed E-state index contributed by atoms with van der Waals surface area (Å²) < 4.78 is 13.8. The van der Waals surface area contributed by atoms with Crippen molar-refractivity contribution in [3.63, 3.8) is 0 Å². The maximum absolute atomic E-state index is 13.8. The Bertz CT molecular complexity index is 470. The van der Waals surface area contributed by atoms with E-state index in [1.807, 2.05) is 0 Å². The fourth-order valence-electron chi connectivity index (χ4n) is 2.96. The van der Waals surface area contributed by atoms with Gasteiger partial charge in [0.05, 0.1) is 0 Å². The summed E-state index contributed by atoms with van der Waals surface area (Å²) in [6.45, 7) is 7.49. The highest BCUT2D eigenvalue weighted by Gasteiger charge is 2.24. The van der Waals surface area contributed by atoms with Crippen LogP contribution in [0.1, 0.15) is 38.7 Å². The molecule has 2 fully saturated rings. The molecule has 0 bridgehead atoms. The van der Waals surface area contributed by atoms with Gasteiger partial charge in [-0.15, -0.1) is 0 Å². The first-order valence-corrected chi connectivity index (χ1v) is 7.89. The predicted molar refractivity (Wildman–Crippen MR) is 81.4 cm³/mol. The van der Waals surface area contributed by atoms with Gasteiger partial charge in [-0.25, -0.2) is 4.39 Å². The van der Waals surface area contributed by atoms with E-state index in [0.717, 1.165) is 36.8 Å². The van der Waals surface area contributed by atoms with Gasteiger partial charge in [-0.1, -0.05) is 13.8 Å². The molecule has 1 aromatic rings. The Morgan fingerprint density at radius 3 is 2.65 bits per heavy atom. The van der Waals surface area contributed by atoms with Crippen LogP contribution in [0.5, 0.6) is 0 Å². The van der Waals surface area contributed by atoms with Crippen molar-refractivity contribution >= 4 is 5.69 Å². The molecule has 110 valence electrons. The second kappa shape index (κ2) is 5.72. The smallest absolute Gasteiger partial charge is 0.125 e. The number of halogens is 1. The third-order valence-corrected chi connectivity index (χ3v) is 4.81. The van der Waals surface area contributed by atoms with Crippen LogP contribution in [0.15, 0.2) is 18.2 Å². The fourth-order valence-corrected chi connectivity index (χ4v) is 2.96. The lowest BCUT2D eigenvalue weighted by atomic mass is 9.88. The van der Waals surface area contributed by atoms with Crippen LogP contribution in [0, 0.1) is 17.7 Å². The number of hydrogen-bond donors (Lipinski definition) is 1. The van der Waals surface area contributed by atoms with Gasteiger partial charge in [0.15, 0.2) is 0 Å². The molecule has 2 unspecified atom stereocenters.